The highest BCUT2D eigenvalue weighted by Gasteiger charge is 2.26. The third-order valence-corrected chi connectivity index (χ3v) is 6.10. The largest absolute Gasteiger partial charge is 0.383 e. The van der Waals surface area contributed by atoms with Gasteiger partial charge in [-0.15, -0.1) is 0 Å². The van der Waals surface area contributed by atoms with Gasteiger partial charge in [0.1, 0.15) is 0 Å². The molecule has 1 aromatic carbocycles. The summed E-state index contributed by atoms with van der Waals surface area (Å²) in [6.07, 6.45) is 7.16. The second-order valence-electron chi connectivity index (χ2n) is 9.77. The van der Waals surface area contributed by atoms with Crippen LogP contribution in [0.2, 0.25) is 0 Å². The van der Waals surface area contributed by atoms with Crippen molar-refractivity contribution in [3.63, 3.8) is 0 Å². The number of carbonyl (C=O) groups is 1. The van der Waals surface area contributed by atoms with Crippen molar-refractivity contribution in [2.75, 3.05) is 25.6 Å². The number of methoxy groups -OCH3 is 1. The number of imidazole rings is 1. The molecule has 0 aliphatic heterocycles. The summed E-state index contributed by atoms with van der Waals surface area (Å²) in [5, 5.41) is 6.64. The van der Waals surface area contributed by atoms with Crippen LogP contribution in [0.1, 0.15) is 74.4 Å². The zero-order valence-electron chi connectivity index (χ0n) is 19.7. The van der Waals surface area contributed by atoms with Crippen molar-refractivity contribution < 1.29 is 9.53 Å². The lowest BCUT2D eigenvalue weighted by Gasteiger charge is -2.31. The third kappa shape index (κ3) is 5.83. The number of ether oxygens (including phenoxy) is 1. The third-order valence-electron chi connectivity index (χ3n) is 6.10. The second-order valence-corrected chi connectivity index (χ2v) is 9.77. The summed E-state index contributed by atoms with van der Waals surface area (Å²) < 4.78 is 5.19. The van der Waals surface area contributed by atoms with Gasteiger partial charge in [0.05, 0.1) is 6.61 Å². The zero-order valence-corrected chi connectivity index (χ0v) is 19.7. The molecule has 1 aliphatic rings. The maximum absolute atomic E-state index is 12.8. The van der Waals surface area contributed by atoms with E-state index in [2.05, 4.69) is 66.5 Å². The number of aromatic nitrogens is 2. The number of amides is 1. The van der Waals surface area contributed by atoms with Crippen molar-refractivity contribution >= 4 is 17.2 Å². The molecule has 31 heavy (non-hydrogen) atoms. The molecular formula is C25H36N4O2. The van der Waals surface area contributed by atoms with E-state index < -0.39 is 0 Å². The minimum Gasteiger partial charge on any atom is -0.383 e. The number of nitrogens with one attached hydrogen (secondary N) is 3. The van der Waals surface area contributed by atoms with Crippen LogP contribution in [0.3, 0.4) is 0 Å². The summed E-state index contributed by atoms with van der Waals surface area (Å²) in [4.78, 5) is 19.9. The molecule has 1 aliphatic carbocycles. The van der Waals surface area contributed by atoms with E-state index in [1.165, 1.54) is 11.1 Å². The van der Waals surface area contributed by atoms with Crippen molar-refractivity contribution in [3.05, 3.63) is 53.1 Å². The van der Waals surface area contributed by atoms with Crippen LogP contribution in [0.5, 0.6) is 0 Å². The van der Waals surface area contributed by atoms with E-state index in [0.717, 1.165) is 42.8 Å². The Morgan fingerprint density at radius 3 is 2.71 bits per heavy atom. The highest BCUT2D eigenvalue weighted by molar-refractivity contribution is 6.03. The highest BCUT2D eigenvalue weighted by Crippen LogP contribution is 2.41. The molecular weight excluding hydrogens is 388 g/mol. The van der Waals surface area contributed by atoms with Crippen molar-refractivity contribution in [1.29, 1.82) is 0 Å². The van der Waals surface area contributed by atoms with Gasteiger partial charge in [0.15, 0.2) is 5.82 Å². The Morgan fingerprint density at radius 2 is 2.10 bits per heavy atom. The minimum atomic E-state index is -0.226. The summed E-state index contributed by atoms with van der Waals surface area (Å²) >= 11 is 0. The van der Waals surface area contributed by atoms with Crippen LogP contribution in [-0.2, 0) is 10.3 Å². The first-order valence-electron chi connectivity index (χ1n) is 11.0. The van der Waals surface area contributed by atoms with Crippen LogP contribution in [-0.4, -0.2) is 36.1 Å². The monoisotopic (exact) mass is 424 g/mol. The number of hydrogen-bond acceptors (Lipinski definition) is 4. The van der Waals surface area contributed by atoms with Crippen molar-refractivity contribution in [2.45, 2.75) is 59.4 Å². The number of rotatable bonds is 8. The number of hydrogen-bond donors (Lipinski definition) is 3. The van der Waals surface area contributed by atoms with Gasteiger partial charge in [-0.05, 0) is 68.7 Å². The number of H-pyrrole nitrogens is 1. The molecule has 168 valence electrons. The van der Waals surface area contributed by atoms with Gasteiger partial charge in [-0.25, -0.2) is 4.98 Å². The maximum atomic E-state index is 12.8. The molecule has 0 fully saturated rings. The van der Waals surface area contributed by atoms with Gasteiger partial charge in [0, 0.05) is 42.3 Å². The Morgan fingerprint density at radius 1 is 1.32 bits per heavy atom. The molecule has 6 nitrogen and oxygen atoms in total. The normalized spacial score (nSPS) is 16.1. The first-order chi connectivity index (χ1) is 14.6. The van der Waals surface area contributed by atoms with Gasteiger partial charge in [-0.2, -0.15) is 0 Å². The van der Waals surface area contributed by atoms with Crippen LogP contribution in [0.4, 0.5) is 5.69 Å². The number of carbonyl (C=O) groups excluding carboxylic acids is 1. The van der Waals surface area contributed by atoms with Crippen LogP contribution in [0.25, 0.3) is 5.57 Å². The van der Waals surface area contributed by atoms with E-state index in [-0.39, 0.29) is 11.4 Å². The number of nitrogens with zero attached hydrogens (tertiary/aromatic N) is 1. The summed E-state index contributed by atoms with van der Waals surface area (Å²) in [7, 11) is 1.71. The van der Waals surface area contributed by atoms with Crippen LogP contribution < -0.4 is 10.6 Å². The van der Waals surface area contributed by atoms with E-state index in [4.69, 9.17) is 4.74 Å². The van der Waals surface area contributed by atoms with E-state index in [9.17, 15) is 4.79 Å². The molecule has 0 radical (unpaired) electrons. The topological polar surface area (TPSA) is 79.0 Å². The van der Waals surface area contributed by atoms with E-state index >= 15 is 0 Å². The zero-order chi connectivity index (χ0) is 22.6. The first kappa shape index (κ1) is 23.2. The molecule has 0 unspecified atom stereocenters. The summed E-state index contributed by atoms with van der Waals surface area (Å²) in [6.45, 7) is 12.3. The van der Waals surface area contributed by atoms with E-state index in [0.29, 0.717) is 17.8 Å². The van der Waals surface area contributed by atoms with Crippen LogP contribution >= 0.6 is 0 Å². The molecule has 0 saturated heterocycles. The summed E-state index contributed by atoms with van der Waals surface area (Å²) in [6, 6.07) is 6.31. The molecule has 1 aromatic heterocycles. The average molecular weight is 425 g/mol. The molecule has 0 bridgehead atoms. The quantitative estimate of drug-likeness (QED) is 0.519. The van der Waals surface area contributed by atoms with Crippen LogP contribution in [0, 0.1) is 12.3 Å². The fourth-order valence-electron chi connectivity index (χ4n) is 3.91. The molecule has 0 saturated carbocycles. The molecule has 6 heteroatoms. The molecule has 0 atom stereocenters. The number of aromatic amines is 1. The van der Waals surface area contributed by atoms with E-state index in [1.54, 1.807) is 13.3 Å². The average Bonchev–Trinajstić information content (AvgIpc) is 3.15. The van der Waals surface area contributed by atoms with Gasteiger partial charge in [-0.1, -0.05) is 26.0 Å². The molecule has 1 heterocycles. The predicted molar refractivity (Wildman–Crippen MR) is 126 cm³/mol. The molecule has 1 amide bonds. The summed E-state index contributed by atoms with van der Waals surface area (Å²) in [5.41, 5.74) is 5.34. The maximum Gasteiger partial charge on any atom is 0.291 e. The first-order valence-corrected chi connectivity index (χ1v) is 11.0. The van der Waals surface area contributed by atoms with Gasteiger partial charge in [0.25, 0.3) is 5.91 Å². The standard InChI is InChI=1S/C25H36N4O2/c1-17-16-26-22(28-17)23(30)29-21-8-7-19(25(4,5)27-13-14-31-6)15-20(21)18-9-11-24(2,3)12-10-18/h7-9,15-16,27H,10-14H2,1-6H3,(H,26,28)(H,29,30). The number of benzene rings is 1. The lowest BCUT2D eigenvalue weighted by molar-refractivity contribution is 0.101. The van der Waals surface area contributed by atoms with E-state index in [1.807, 2.05) is 13.0 Å². The fraction of sp³-hybridized carbons (Fsp3) is 0.520. The summed E-state index contributed by atoms with van der Waals surface area (Å²) in [5.74, 6) is 0.101. The molecule has 3 N–H and O–H groups in total. The lowest BCUT2D eigenvalue weighted by atomic mass is 9.76. The highest BCUT2D eigenvalue weighted by atomic mass is 16.5. The van der Waals surface area contributed by atoms with Crippen molar-refractivity contribution in [2.24, 2.45) is 5.41 Å². The lowest BCUT2D eigenvalue weighted by Crippen LogP contribution is -2.38. The van der Waals surface area contributed by atoms with Crippen LogP contribution in [0.15, 0.2) is 30.5 Å². The smallest absolute Gasteiger partial charge is 0.291 e. The second kappa shape index (κ2) is 9.37. The number of allylic oxidation sites excluding steroid dienone is 2. The number of anilines is 1. The SMILES string of the molecule is COCCNC(C)(C)c1ccc(NC(=O)c2ncc(C)[nH]2)c(C2=CCC(C)(C)CC2)c1. The Balaban J connectivity index is 1.94. The van der Waals surface area contributed by atoms with Gasteiger partial charge >= 0.3 is 0 Å². The Kier molecular flexibility index (Phi) is 7.02. The van der Waals surface area contributed by atoms with Crippen molar-refractivity contribution in [1.82, 2.24) is 15.3 Å². The Hall–Kier alpha value is -2.44. The molecule has 0 spiro atoms. The number of aryl methyl sites for hydroxylation is 1. The predicted octanol–water partition coefficient (Wildman–Crippen LogP) is 5.04. The minimum absolute atomic E-state index is 0.220. The Labute approximate surface area is 185 Å². The Bertz CT molecular complexity index is 956. The van der Waals surface area contributed by atoms with Crippen molar-refractivity contribution in [3.8, 4) is 0 Å². The molecule has 2 aromatic rings. The fourth-order valence-corrected chi connectivity index (χ4v) is 3.91. The van der Waals surface area contributed by atoms with Gasteiger partial charge in [-0.3, -0.25) is 4.79 Å². The molecule has 3 rings (SSSR count). The van der Waals surface area contributed by atoms with Gasteiger partial charge in [0.2, 0.25) is 0 Å². The van der Waals surface area contributed by atoms with Gasteiger partial charge < -0.3 is 20.4 Å².